The maximum atomic E-state index is 12.5. The van der Waals surface area contributed by atoms with E-state index in [1.54, 1.807) is 48.5 Å². The summed E-state index contributed by atoms with van der Waals surface area (Å²) in [6.45, 7) is 0. The summed E-state index contributed by atoms with van der Waals surface area (Å²) >= 11 is 0. The number of esters is 1. The SMILES string of the molecule is COC(=O)c1ccccc1NC(=O)c1ccc(C(=O)NC2CCCCC2)cc1. The van der Waals surface area contributed by atoms with Crippen molar-refractivity contribution in [1.29, 1.82) is 0 Å². The summed E-state index contributed by atoms with van der Waals surface area (Å²) in [5.41, 5.74) is 1.58. The van der Waals surface area contributed by atoms with Crippen LogP contribution < -0.4 is 10.6 Å². The fourth-order valence-corrected chi connectivity index (χ4v) is 3.36. The Morgan fingerprint density at radius 1 is 0.857 bits per heavy atom. The highest BCUT2D eigenvalue weighted by molar-refractivity contribution is 6.08. The van der Waals surface area contributed by atoms with Crippen LogP contribution in [0.25, 0.3) is 0 Å². The van der Waals surface area contributed by atoms with Gasteiger partial charge in [0.1, 0.15) is 0 Å². The van der Waals surface area contributed by atoms with Gasteiger partial charge in [0.15, 0.2) is 0 Å². The van der Waals surface area contributed by atoms with E-state index in [0.29, 0.717) is 16.8 Å². The molecule has 28 heavy (non-hydrogen) atoms. The Morgan fingerprint density at radius 2 is 1.46 bits per heavy atom. The van der Waals surface area contributed by atoms with Gasteiger partial charge >= 0.3 is 5.97 Å². The Hall–Kier alpha value is -3.15. The highest BCUT2D eigenvalue weighted by Crippen LogP contribution is 2.19. The first-order valence-electron chi connectivity index (χ1n) is 9.48. The number of rotatable bonds is 5. The van der Waals surface area contributed by atoms with Crippen LogP contribution in [0.5, 0.6) is 0 Å². The number of amides is 2. The average Bonchev–Trinajstić information content (AvgIpc) is 2.74. The Bertz CT molecular complexity index is 855. The van der Waals surface area contributed by atoms with Gasteiger partial charge in [-0.3, -0.25) is 9.59 Å². The van der Waals surface area contributed by atoms with Crippen molar-refractivity contribution in [3.63, 3.8) is 0 Å². The number of hydrogen-bond donors (Lipinski definition) is 2. The van der Waals surface area contributed by atoms with Crippen LogP contribution >= 0.6 is 0 Å². The minimum absolute atomic E-state index is 0.116. The maximum Gasteiger partial charge on any atom is 0.339 e. The van der Waals surface area contributed by atoms with Crippen molar-refractivity contribution in [1.82, 2.24) is 5.32 Å². The van der Waals surface area contributed by atoms with E-state index in [-0.39, 0.29) is 23.4 Å². The molecule has 1 fully saturated rings. The molecule has 2 aromatic rings. The lowest BCUT2D eigenvalue weighted by molar-refractivity contribution is 0.0601. The zero-order chi connectivity index (χ0) is 19.9. The van der Waals surface area contributed by atoms with E-state index in [2.05, 4.69) is 10.6 Å². The van der Waals surface area contributed by atoms with Gasteiger partial charge in [-0.15, -0.1) is 0 Å². The molecule has 0 saturated heterocycles. The summed E-state index contributed by atoms with van der Waals surface area (Å²) in [6.07, 6.45) is 5.57. The second-order valence-corrected chi connectivity index (χ2v) is 6.88. The number of nitrogens with one attached hydrogen (secondary N) is 2. The maximum absolute atomic E-state index is 12.5. The van der Waals surface area contributed by atoms with Gasteiger partial charge in [-0.1, -0.05) is 31.4 Å². The van der Waals surface area contributed by atoms with Crippen molar-refractivity contribution >= 4 is 23.5 Å². The van der Waals surface area contributed by atoms with E-state index in [1.807, 2.05) is 0 Å². The molecule has 0 aromatic heterocycles. The van der Waals surface area contributed by atoms with Gasteiger partial charge in [-0.05, 0) is 49.2 Å². The number of benzene rings is 2. The number of carbonyl (C=O) groups is 3. The van der Waals surface area contributed by atoms with Gasteiger partial charge in [-0.25, -0.2) is 4.79 Å². The molecule has 1 aliphatic carbocycles. The highest BCUT2D eigenvalue weighted by Gasteiger charge is 2.18. The predicted molar refractivity (Wildman–Crippen MR) is 107 cm³/mol. The highest BCUT2D eigenvalue weighted by atomic mass is 16.5. The Morgan fingerprint density at radius 3 is 2.11 bits per heavy atom. The second-order valence-electron chi connectivity index (χ2n) is 6.88. The van der Waals surface area contributed by atoms with Crippen LogP contribution in [0.4, 0.5) is 5.69 Å². The first kappa shape index (κ1) is 19.6. The monoisotopic (exact) mass is 380 g/mol. The van der Waals surface area contributed by atoms with Crippen LogP contribution in [0.15, 0.2) is 48.5 Å². The third kappa shape index (κ3) is 4.76. The summed E-state index contributed by atoms with van der Waals surface area (Å²) in [4.78, 5) is 36.7. The molecule has 6 nitrogen and oxygen atoms in total. The lowest BCUT2D eigenvalue weighted by atomic mass is 9.95. The molecule has 146 valence electrons. The standard InChI is InChI=1S/C22H24N2O4/c1-28-22(27)18-9-5-6-10-19(18)24-21(26)16-13-11-15(12-14-16)20(25)23-17-7-3-2-4-8-17/h5-6,9-14,17H,2-4,7-8H2,1H3,(H,23,25)(H,24,26). The Labute approximate surface area is 164 Å². The van der Waals surface area contributed by atoms with Gasteiger partial charge in [0.05, 0.1) is 18.4 Å². The molecule has 2 aromatic carbocycles. The van der Waals surface area contributed by atoms with Gasteiger partial charge in [0, 0.05) is 17.2 Å². The van der Waals surface area contributed by atoms with Gasteiger partial charge in [-0.2, -0.15) is 0 Å². The van der Waals surface area contributed by atoms with Crippen molar-refractivity contribution in [2.75, 3.05) is 12.4 Å². The number of carbonyl (C=O) groups excluding carboxylic acids is 3. The van der Waals surface area contributed by atoms with Crippen LogP contribution in [-0.2, 0) is 4.74 Å². The van der Waals surface area contributed by atoms with Crippen molar-refractivity contribution in [3.05, 3.63) is 65.2 Å². The normalized spacial score (nSPS) is 14.2. The molecule has 3 rings (SSSR count). The molecule has 1 aliphatic rings. The van der Waals surface area contributed by atoms with E-state index in [4.69, 9.17) is 4.74 Å². The molecule has 0 radical (unpaired) electrons. The molecule has 0 heterocycles. The largest absolute Gasteiger partial charge is 0.465 e. The third-order valence-corrected chi connectivity index (χ3v) is 4.93. The van der Waals surface area contributed by atoms with E-state index < -0.39 is 5.97 Å². The average molecular weight is 380 g/mol. The second kappa shape index (κ2) is 9.17. The van der Waals surface area contributed by atoms with Crippen molar-refractivity contribution < 1.29 is 19.1 Å². The first-order chi connectivity index (χ1) is 13.6. The molecule has 6 heteroatoms. The lowest BCUT2D eigenvalue weighted by Crippen LogP contribution is -2.36. The van der Waals surface area contributed by atoms with Crippen molar-refractivity contribution in [2.45, 2.75) is 38.1 Å². The predicted octanol–water partition coefficient (Wildman–Crippen LogP) is 3.79. The van der Waals surface area contributed by atoms with Gasteiger partial charge in [0.25, 0.3) is 11.8 Å². The van der Waals surface area contributed by atoms with Gasteiger partial charge in [0.2, 0.25) is 0 Å². The van der Waals surface area contributed by atoms with E-state index in [1.165, 1.54) is 13.5 Å². The zero-order valence-electron chi connectivity index (χ0n) is 15.9. The van der Waals surface area contributed by atoms with Crippen LogP contribution in [0.1, 0.15) is 63.2 Å². The topological polar surface area (TPSA) is 84.5 Å². The van der Waals surface area contributed by atoms with Crippen molar-refractivity contribution in [2.24, 2.45) is 0 Å². The number of ether oxygens (including phenoxy) is 1. The summed E-state index contributed by atoms with van der Waals surface area (Å²) in [5.74, 6) is -1.00. The van der Waals surface area contributed by atoms with E-state index >= 15 is 0 Å². The number of methoxy groups -OCH3 is 1. The summed E-state index contributed by atoms with van der Waals surface area (Å²) in [7, 11) is 1.29. The molecule has 0 bridgehead atoms. The Kier molecular flexibility index (Phi) is 6.42. The van der Waals surface area contributed by atoms with E-state index in [0.717, 1.165) is 25.7 Å². The molecule has 1 saturated carbocycles. The zero-order valence-corrected chi connectivity index (χ0v) is 15.9. The molecule has 0 unspecified atom stereocenters. The number of hydrogen-bond acceptors (Lipinski definition) is 4. The number of anilines is 1. The van der Waals surface area contributed by atoms with Crippen LogP contribution in [0.2, 0.25) is 0 Å². The quantitative estimate of drug-likeness (QED) is 0.773. The lowest BCUT2D eigenvalue weighted by Gasteiger charge is -2.22. The fourth-order valence-electron chi connectivity index (χ4n) is 3.36. The summed E-state index contributed by atoms with van der Waals surface area (Å²) < 4.78 is 4.73. The van der Waals surface area contributed by atoms with E-state index in [9.17, 15) is 14.4 Å². The molecule has 2 N–H and O–H groups in total. The van der Waals surface area contributed by atoms with Crippen LogP contribution in [-0.4, -0.2) is 30.9 Å². The molecule has 0 spiro atoms. The molecular weight excluding hydrogens is 356 g/mol. The van der Waals surface area contributed by atoms with Crippen molar-refractivity contribution in [3.8, 4) is 0 Å². The molecular formula is C22H24N2O4. The smallest absolute Gasteiger partial charge is 0.339 e. The summed E-state index contributed by atoms with van der Waals surface area (Å²) in [6, 6.07) is 13.4. The molecule has 2 amide bonds. The number of para-hydroxylation sites is 1. The molecule has 0 atom stereocenters. The summed E-state index contributed by atoms with van der Waals surface area (Å²) in [5, 5.41) is 5.78. The Balaban J connectivity index is 1.65. The third-order valence-electron chi connectivity index (χ3n) is 4.93. The molecule has 0 aliphatic heterocycles. The first-order valence-corrected chi connectivity index (χ1v) is 9.48. The van der Waals surface area contributed by atoms with Crippen LogP contribution in [0.3, 0.4) is 0 Å². The minimum Gasteiger partial charge on any atom is -0.465 e. The van der Waals surface area contributed by atoms with Gasteiger partial charge < -0.3 is 15.4 Å². The van der Waals surface area contributed by atoms with Crippen LogP contribution in [0, 0.1) is 0 Å². The fraction of sp³-hybridized carbons (Fsp3) is 0.318. The minimum atomic E-state index is -0.523.